The summed E-state index contributed by atoms with van der Waals surface area (Å²) < 4.78 is 37.9. The Balaban J connectivity index is 0.000000224. The van der Waals surface area contributed by atoms with Crippen LogP contribution >= 0.6 is 15.4 Å². The first-order valence-electron chi connectivity index (χ1n) is 5.43. The molecular formula is C13H12O4P2. The zero-order valence-corrected chi connectivity index (χ0v) is 11.8. The maximum Gasteiger partial charge on any atom is 0.330 e. The Morgan fingerprint density at radius 2 is 0.895 bits per heavy atom. The van der Waals surface area contributed by atoms with Crippen molar-refractivity contribution in [3.8, 4) is 11.1 Å². The zero-order chi connectivity index (χ0) is 14.1. The fourth-order valence-electron chi connectivity index (χ4n) is 1.36. The molecule has 0 aromatic heterocycles. The second-order valence-electron chi connectivity index (χ2n) is 3.54. The molecule has 0 saturated heterocycles. The zero-order valence-electron chi connectivity index (χ0n) is 10.0. The minimum Gasteiger partial charge on any atom is -0.236 e. The van der Waals surface area contributed by atoms with Crippen LogP contribution in [0.2, 0.25) is 0 Å². The van der Waals surface area contributed by atoms with Crippen molar-refractivity contribution in [1.29, 1.82) is 0 Å². The summed E-state index contributed by atoms with van der Waals surface area (Å²) in [4.78, 5) is 0. The van der Waals surface area contributed by atoms with E-state index in [2.05, 4.69) is 48.5 Å². The van der Waals surface area contributed by atoms with Crippen molar-refractivity contribution in [2.24, 2.45) is 0 Å². The van der Waals surface area contributed by atoms with Crippen LogP contribution in [0.3, 0.4) is 0 Å². The van der Waals surface area contributed by atoms with Gasteiger partial charge in [-0.05, 0) is 11.1 Å². The van der Waals surface area contributed by atoms with Gasteiger partial charge in [0.05, 0.1) is 0 Å². The van der Waals surface area contributed by atoms with Crippen LogP contribution in [-0.2, 0) is 18.3 Å². The Labute approximate surface area is 112 Å². The molecule has 0 fully saturated rings. The monoisotopic (exact) mass is 294 g/mol. The van der Waals surface area contributed by atoms with Crippen LogP contribution < -0.4 is 0 Å². The van der Waals surface area contributed by atoms with E-state index in [0.29, 0.717) is 0 Å². The lowest BCUT2D eigenvalue weighted by atomic mass is 10.1. The van der Waals surface area contributed by atoms with E-state index in [-0.39, 0.29) is 0 Å². The van der Waals surface area contributed by atoms with E-state index in [1.54, 1.807) is 0 Å². The predicted molar refractivity (Wildman–Crippen MR) is 73.3 cm³/mol. The van der Waals surface area contributed by atoms with Gasteiger partial charge in [0, 0.05) is 0 Å². The van der Waals surface area contributed by atoms with Crippen molar-refractivity contribution >= 4 is 15.4 Å². The molecule has 2 aromatic rings. The molecule has 0 spiro atoms. The highest BCUT2D eigenvalue weighted by atomic mass is 31.1. The maximum absolute atomic E-state index is 9.46. The van der Waals surface area contributed by atoms with Crippen molar-refractivity contribution < 1.29 is 18.3 Å². The lowest BCUT2D eigenvalue weighted by molar-refractivity contribution is 0.508. The van der Waals surface area contributed by atoms with Gasteiger partial charge in [0.2, 0.25) is 0 Å². The van der Waals surface area contributed by atoms with E-state index in [4.69, 9.17) is 0 Å². The van der Waals surface area contributed by atoms with E-state index in [9.17, 15) is 18.3 Å². The molecule has 0 aliphatic carbocycles. The summed E-state index contributed by atoms with van der Waals surface area (Å²) >= 11 is 0. The Hall–Kier alpha value is -1.76. The van der Waals surface area contributed by atoms with Gasteiger partial charge in [-0.25, -0.2) is 18.3 Å². The predicted octanol–water partition coefficient (Wildman–Crippen LogP) is 4.64. The van der Waals surface area contributed by atoms with Gasteiger partial charge in [-0.1, -0.05) is 60.7 Å². The highest BCUT2D eigenvalue weighted by molar-refractivity contribution is 7.49. The summed E-state index contributed by atoms with van der Waals surface area (Å²) in [7, 11) is -5.47. The van der Waals surface area contributed by atoms with Gasteiger partial charge in [0.25, 0.3) is 0 Å². The number of hydrogen-bond acceptors (Lipinski definition) is 4. The van der Waals surface area contributed by atoms with Crippen molar-refractivity contribution in [1.82, 2.24) is 0 Å². The molecule has 6 heteroatoms. The molecule has 0 N–H and O–H groups in total. The van der Waals surface area contributed by atoms with Gasteiger partial charge in [-0.2, -0.15) is 0 Å². The summed E-state index contributed by atoms with van der Waals surface area (Å²) in [5, 5.41) is 0. The molecular weight excluding hydrogens is 282 g/mol. The van der Waals surface area contributed by atoms with Crippen LogP contribution in [0.4, 0.5) is 0 Å². The largest absolute Gasteiger partial charge is 0.330 e. The second kappa shape index (κ2) is 8.36. The number of benzene rings is 2. The van der Waals surface area contributed by atoms with Gasteiger partial charge in [-0.3, -0.25) is 0 Å². The van der Waals surface area contributed by atoms with Crippen molar-refractivity contribution in [3.63, 3.8) is 0 Å². The summed E-state index contributed by atoms with van der Waals surface area (Å²) in [6.07, 6.45) is 0. The molecule has 0 heterocycles. The molecule has 0 aliphatic heterocycles. The highest BCUT2D eigenvalue weighted by Gasteiger charge is 1.93. The molecule has 0 amide bonds. The molecule has 0 bridgehead atoms. The van der Waals surface area contributed by atoms with Gasteiger partial charge >= 0.3 is 15.4 Å². The summed E-state index contributed by atoms with van der Waals surface area (Å²) in [6.45, 7) is 0. The standard InChI is InChI=1S/C12H10.CH2O4P2/c1-3-7-11(8-4-1)12-9-5-2-6-10-12;2-6(3)1-7(4)5/h1-10H;1H2. The van der Waals surface area contributed by atoms with E-state index in [0.717, 1.165) is 0 Å². The van der Waals surface area contributed by atoms with Gasteiger partial charge in [0.1, 0.15) is 0 Å². The van der Waals surface area contributed by atoms with Crippen LogP contribution in [0.1, 0.15) is 0 Å². The van der Waals surface area contributed by atoms with Crippen molar-refractivity contribution in [3.05, 3.63) is 60.7 Å². The Morgan fingerprint density at radius 1 is 0.579 bits per heavy atom. The van der Waals surface area contributed by atoms with E-state index in [1.807, 2.05) is 12.1 Å². The van der Waals surface area contributed by atoms with Gasteiger partial charge in [-0.15, -0.1) is 0 Å². The number of rotatable bonds is 3. The molecule has 2 aromatic carbocycles. The minimum absolute atomic E-state index is 0.731. The highest BCUT2D eigenvalue weighted by Crippen LogP contribution is 2.17. The SMILES string of the molecule is O=P(=O)CP(=O)=O.c1ccc(-c2ccccc2)cc1. The van der Waals surface area contributed by atoms with Crippen LogP contribution in [-0.4, -0.2) is 5.90 Å². The smallest absolute Gasteiger partial charge is 0.236 e. The maximum atomic E-state index is 9.46. The van der Waals surface area contributed by atoms with E-state index in [1.165, 1.54) is 11.1 Å². The normalized spacial score (nSPS) is 9.05. The third kappa shape index (κ3) is 6.66. The van der Waals surface area contributed by atoms with Crippen LogP contribution in [0, 0.1) is 0 Å². The first-order chi connectivity index (χ1) is 9.09. The lowest BCUT2D eigenvalue weighted by Gasteiger charge is -1.98. The second-order valence-corrected chi connectivity index (χ2v) is 6.00. The van der Waals surface area contributed by atoms with E-state index >= 15 is 0 Å². The van der Waals surface area contributed by atoms with Crippen LogP contribution in [0.5, 0.6) is 0 Å². The third-order valence-corrected chi connectivity index (χ3v) is 3.96. The topological polar surface area (TPSA) is 68.3 Å². The molecule has 0 aliphatic rings. The molecule has 0 radical (unpaired) electrons. The average molecular weight is 294 g/mol. The first kappa shape index (κ1) is 15.3. The Bertz CT molecular complexity index is 559. The summed E-state index contributed by atoms with van der Waals surface area (Å²) in [6, 6.07) is 20.8. The molecule has 0 unspecified atom stereocenters. The summed E-state index contributed by atoms with van der Waals surface area (Å²) in [5.41, 5.74) is 2.55. The van der Waals surface area contributed by atoms with E-state index < -0.39 is 21.3 Å². The van der Waals surface area contributed by atoms with Crippen LogP contribution in [0.25, 0.3) is 11.1 Å². The average Bonchev–Trinajstić information content (AvgIpc) is 2.40. The molecule has 2 rings (SSSR count). The fraction of sp³-hybridized carbons (Fsp3) is 0.0769. The minimum atomic E-state index is -2.74. The fourth-order valence-corrected chi connectivity index (χ4v) is 2.11. The third-order valence-electron chi connectivity index (χ3n) is 2.11. The van der Waals surface area contributed by atoms with Gasteiger partial charge in [0.15, 0.2) is 5.90 Å². The molecule has 0 saturated carbocycles. The quantitative estimate of drug-likeness (QED) is 0.773. The van der Waals surface area contributed by atoms with Crippen molar-refractivity contribution in [2.45, 2.75) is 0 Å². The number of hydrogen-bond donors (Lipinski definition) is 0. The molecule has 4 nitrogen and oxygen atoms in total. The summed E-state index contributed by atoms with van der Waals surface area (Å²) in [5.74, 6) is -0.731. The molecule has 19 heavy (non-hydrogen) atoms. The molecule has 0 atom stereocenters. The van der Waals surface area contributed by atoms with Crippen molar-refractivity contribution in [2.75, 3.05) is 5.90 Å². The van der Waals surface area contributed by atoms with Crippen LogP contribution in [0.15, 0.2) is 60.7 Å². The molecule has 98 valence electrons. The Morgan fingerprint density at radius 3 is 1.11 bits per heavy atom. The first-order valence-corrected chi connectivity index (χ1v) is 8.16. The lowest BCUT2D eigenvalue weighted by Crippen LogP contribution is -1.73. The van der Waals surface area contributed by atoms with Gasteiger partial charge < -0.3 is 0 Å². The Kier molecular flexibility index (Phi) is 6.73.